The van der Waals surface area contributed by atoms with Crippen molar-refractivity contribution in [2.45, 2.75) is 31.8 Å². The van der Waals surface area contributed by atoms with Gasteiger partial charge in [-0.05, 0) is 37.5 Å². The molecule has 2 N–H and O–H groups in total. The fourth-order valence-corrected chi connectivity index (χ4v) is 2.02. The second-order valence-corrected chi connectivity index (χ2v) is 4.96. The lowest BCUT2D eigenvalue weighted by molar-refractivity contribution is -0.139. The van der Waals surface area contributed by atoms with Crippen molar-refractivity contribution in [3.63, 3.8) is 0 Å². The zero-order valence-electron chi connectivity index (χ0n) is 10.4. The van der Waals surface area contributed by atoms with Crippen LogP contribution in [0.25, 0.3) is 0 Å². The van der Waals surface area contributed by atoms with E-state index in [1.807, 2.05) is 6.92 Å². The third-order valence-electron chi connectivity index (χ3n) is 3.05. The number of nitrogens with one attached hydrogen (secondary N) is 1. The molecule has 0 aromatic heterocycles. The predicted molar refractivity (Wildman–Crippen MR) is 69.3 cm³/mol. The molecule has 1 fully saturated rings. The Hall–Kier alpha value is -1.26. The molecular weight excluding hydrogens is 254 g/mol. The number of hydrogen-bond donors (Lipinski definition) is 2. The first kappa shape index (κ1) is 13.2. The zero-order valence-corrected chi connectivity index (χ0v) is 11.1. The second-order valence-electron chi connectivity index (χ2n) is 4.56. The highest BCUT2D eigenvalue weighted by Gasteiger charge is 2.31. The van der Waals surface area contributed by atoms with Crippen molar-refractivity contribution >= 4 is 17.6 Å². The predicted octanol–water partition coefficient (Wildman–Crippen LogP) is 2.53. The molecule has 98 valence electrons. The number of rotatable bonds is 5. The number of aryl methyl sites for hydroxylation is 1. The Bertz CT molecular complexity index is 472. The van der Waals surface area contributed by atoms with Crippen molar-refractivity contribution in [1.82, 2.24) is 5.32 Å². The number of benzene rings is 1. The quantitative estimate of drug-likeness (QED) is 0.862. The molecule has 1 saturated carbocycles. The van der Waals surface area contributed by atoms with Crippen LogP contribution in [-0.2, 0) is 4.79 Å². The van der Waals surface area contributed by atoms with E-state index in [1.54, 1.807) is 12.1 Å². The fraction of sp³-hybridized carbons (Fsp3) is 0.462. The van der Waals surface area contributed by atoms with Crippen molar-refractivity contribution in [3.05, 3.63) is 28.3 Å². The highest BCUT2D eigenvalue weighted by atomic mass is 35.5. The van der Waals surface area contributed by atoms with E-state index in [2.05, 4.69) is 5.32 Å². The highest BCUT2D eigenvalue weighted by molar-refractivity contribution is 6.31. The molecule has 1 unspecified atom stereocenters. The molecule has 0 aliphatic heterocycles. The minimum atomic E-state index is -0.917. The van der Waals surface area contributed by atoms with Crippen LogP contribution in [0.15, 0.2) is 12.1 Å². The lowest BCUT2D eigenvalue weighted by Crippen LogP contribution is -2.30. The largest absolute Gasteiger partial charge is 0.496 e. The average molecular weight is 270 g/mol. The summed E-state index contributed by atoms with van der Waals surface area (Å²) in [5.74, 6) is -0.363. The molecule has 1 aliphatic rings. The summed E-state index contributed by atoms with van der Waals surface area (Å²) in [6, 6.07) is 2.95. The summed E-state index contributed by atoms with van der Waals surface area (Å²) in [6.45, 7) is 1.86. The van der Waals surface area contributed by atoms with E-state index >= 15 is 0 Å². The van der Waals surface area contributed by atoms with Crippen molar-refractivity contribution in [2.24, 2.45) is 0 Å². The van der Waals surface area contributed by atoms with E-state index in [4.69, 9.17) is 16.3 Å². The summed E-state index contributed by atoms with van der Waals surface area (Å²) >= 11 is 6.07. The minimum absolute atomic E-state index is 0.288. The number of carboxylic acids is 1. The fourth-order valence-electron chi connectivity index (χ4n) is 1.85. The number of carbonyl (C=O) groups is 1. The molecule has 0 amide bonds. The lowest BCUT2D eigenvalue weighted by Gasteiger charge is -2.18. The van der Waals surface area contributed by atoms with Gasteiger partial charge in [-0.25, -0.2) is 0 Å². The van der Waals surface area contributed by atoms with Crippen LogP contribution in [-0.4, -0.2) is 24.2 Å². The average Bonchev–Trinajstić information content (AvgIpc) is 3.12. The van der Waals surface area contributed by atoms with E-state index in [0.29, 0.717) is 16.3 Å². The molecule has 2 rings (SSSR count). The van der Waals surface area contributed by atoms with Gasteiger partial charge in [-0.1, -0.05) is 11.6 Å². The van der Waals surface area contributed by atoms with Gasteiger partial charge in [0.2, 0.25) is 0 Å². The first-order chi connectivity index (χ1) is 8.52. The van der Waals surface area contributed by atoms with Gasteiger partial charge in [-0.2, -0.15) is 0 Å². The van der Waals surface area contributed by atoms with Gasteiger partial charge in [0.05, 0.1) is 7.11 Å². The third-order valence-corrected chi connectivity index (χ3v) is 3.46. The van der Waals surface area contributed by atoms with Crippen molar-refractivity contribution in [1.29, 1.82) is 0 Å². The molecule has 18 heavy (non-hydrogen) atoms. The van der Waals surface area contributed by atoms with Gasteiger partial charge in [0, 0.05) is 16.6 Å². The monoisotopic (exact) mass is 269 g/mol. The van der Waals surface area contributed by atoms with Crippen LogP contribution in [0, 0.1) is 6.92 Å². The molecule has 0 spiro atoms. The van der Waals surface area contributed by atoms with Gasteiger partial charge in [0.15, 0.2) is 0 Å². The smallest absolute Gasteiger partial charge is 0.325 e. The summed E-state index contributed by atoms with van der Waals surface area (Å²) in [5.41, 5.74) is 1.44. The Morgan fingerprint density at radius 1 is 1.56 bits per heavy atom. The maximum atomic E-state index is 11.4. The second kappa shape index (κ2) is 5.16. The molecule has 1 atom stereocenters. The van der Waals surface area contributed by atoms with Gasteiger partial charge < -0.3 is 9.84 Å². The van der Waals surface area contributed by atoms with Gasteiger partial charge >= 0.3 is 5.97 Å². The molecule has 4 nitrogen and oxygen atoms in total. The maximum absolute atomic E-state index is 11.4. The Morgan fingerprint density at radius 3 is 2.72 bits per heavy atom. The van der Waals surface area contributed by atoms with Crippen LogP contribution in [0.2, 0.25) is 5.02 Å². The van der Waals surface area contributed by atoms with Gasteiger partial charge in [-0.15, -0.1) is 0 Å². The van der Waals surface area contributed by atoms with Crippen LogP contribution in [0.5, 0.6) is 5.75 Å². The number of ether oxygens (including phenoxy) is 1. The van der Waals surface area contributed by atoms with E-state index in [0.717, 1.165) is 18.4 Å². The molecule has 0 heterocycles. The van der Waals surface area contributed by atoms with Crippen LogP contribution in [0.4, 0.5) is 0 Å². The molecule has 1 aromatic carbocycles. The first-order valence-electron chi connectivity index (χ1n) is 5.85. The summed E-state index contributed by atoms with van der Waals surface area (Å²) in [5, 5.41) is 13.0. The van der Waals surface area contributed by atoms with Crippen LogP contribution in [0.3, 0.4) is 0 Å². The first-order valence-corrected chi connectivity index (χ1v) is 6.23. The van der Waals surface area contributed by atoms with E-state index in [-0.39, 0.29) is 6.04 Å². The molecule has 0 bridgehead atoms. The molecule has 1 aromatic rings. The highest BCUT2D eigenvalue weighted by Crippen LogP contribution is 2.33. The van der Waals surface area contributed by atoms with Crippen molar-refractivity contribution < 1.29 is 14.6 Å². The van der Waals surface area contributed by atoms with E-state index < -0.39 is 12.0 Å². The van der Waals surface area contributed by atoms with Crippen LogP contribution >= 0.6 is 11.6 Å². The van der Waals surface area contributed by atoms with Gasteiger partial charge in [0.1, 0.15) is 11.8 Å². The van der Waals surface area contributed by atoms with E-state index in [9.17, 15) is 9.90 Å². The Balaban J connectivity index is 2.38. The standard InChI is InChI=1S/C13H16ClNO3/c1-7-5-11(18-2)9(6-10(7)14)12(13(16)17)15-8-3-4-8/h5-6,8,12,15H,3-4H2,1-2H3,(H,16,17). The topological polar surface area (TPSA) is 58.6 Å². The number of carboxylic acid groups (broad SMARTS) is 1. The number of methoxy groups -OCH3 is 1. The summed E-state index contributed by atoms with van der Waals surface area (Å²) in [7, 11) is 1.53. The Morgan fingerprint density at radius 2 is 2.22 bits per heavy atom. The third kappa shape index (κ3) is 2.76. The van der Waals surface area contributed by atoms with Gasteiger partial charge in [0.25, 0.3) is 0 Å². The normalized spacial score (nSPS) is 16.4. The van der Waals surface area contributed by atoms with Gasteiger partial charge in [-0.3, -0.25) is 10.1 Å². The van der Waals surface area contributed by atoms with Crippen LogP contribution in [0.1, 0.15) is 30.0 Å². The molecule has 1 aliphatic carbocycles. The molecule has 5 heteroatoms. The van der Waals surface area contributed by atoms with Crippen molar-refractivity contribution in [3.8, 4) is 5.75 Å². The Kier molecular flexibility index (Phi) is 3.78. The summed E-state index contributed by atoms with van der Waals surface area (Å²) < 4.78 is 5.25. The number of hydrogen-bond acceptors (Lipinski definition) is 3. The molecular formula is C13H16ClNO3. The zero-order chi connectivity index (χ0) is 13.3. The molecule has 0 radical (unpaired) electrons. The summed E-state index contributed by atoms with van der Waals surface area (Å²) in [4.78, 5) is 11.4. The lowest BCUT2D eigenvalue weighted by atomic mass is 10.0. The molecule has 0 saturated heterocycles. The number of aliphatic carboxylic acids is 1. The minimum Gasteiger partial charge on any atom is -0.496 e. The van der Waals surface area contributed by atoms with E-state index in [1.165, 1.54) is 7.11 Å². The van der Waals surface area contributed by atoms with Crippen LogP contribution < -0.4 is 10.1 Å². The number of halogens is 1. The Labute approximate surface area is 111 Å². The van der Waals surface area contributed by atoms with Crippen molar-refractivity contribution in [2.75, 3.05) is 7.11 Å². The SMILES string of the molecule is COc1cc(C)c(Cl)cc1C(NC1CC1)C(=O)O. The maximum Gasteiger partial charge on any atom is 0.325 e. The summed E-state index contributed by atoms with van der Waals surface area (Å²) in [6.07, 6.45) is 2.04.